The minimum absolute atomic E-state index is 0.583. The van der Waals surface area contributed by atoms with Gasteiger partial charge in [-0.1, -0.05) is 19.3 Å². The molecule has 0 saturated heterocycles. The standard InChI is InChI=1S/C18H23N3O/c1-2-5-14(6-3-1)18-19-11-15-8-9-21(13-17(15)20-18)12-16-7-4-10-22-16/h4,7,10-11,14H,1-3,5-6,8-9,12-13H2. The van der Waals surface area contributed by atoms with Crippen LogP contribution in [0.15, 0.2) is 29.0 Å². The zero-order valence-electron chi connectivity index (χ0n) is 13.0. The third-order valence-corrected chi connectivity index (χ3v) is 4.97. The zero-order chi connectivity index (χ0) is 14.8. The van der Waals surface area contributed by atoms with Crippen LogP contribution < -0.4 is 0 Å². The quantitative estimate of drug-likeness (QED) is 0.867. The maximum absolute atomic E-state index is 5.47. The Labute approximate surface area is 131 Å². The highest BCUT2D eigenvalue weighted by Crippen LogP contribution is 2.31. The van der Waals surface area contributed by atoms with Gasteiger partial charge in [-0.05, 0) is 37.0 Å². The summed E-state index contributed by atoms with van der Waals surface area (Å²) >= 11 is 0. The molecule has 3 heterocycles. The van der Waals surface area contributed by atoms with Gasteiger partial charge in [0.05, 0.1) is 18.5 Å². The number of fused-ring (bicyclic) bond motifs is 1. The fourth-order valence-electron chi connectivity index (χ4n) is 3.69. The largest absolute Gasteiger partial charge is 0.468 e. The highest BCUT2D eigenvalue weighted by molar-refractivity contribution is 5.22. The Morgan fingerprint density at radius 2 is 2.14 bits per heavy atom. The molecular weight excluding hydrogens is 274 g/mol. The van der Waals surface area contributed by atoms with E-state index in [0.29, 0.717) is 5.92 Å². The monoisotopic (exact) mass is 297 g/mol. The average Bonchev–Trinajstić information content (AvgIpc) is 3.08. The van der Waals surface area contributed by atoms with Crippen molar-refractivity contribution < 1.29 is 4.42 Å². The van der Waals surface area contributed by atoms with E-state index >= 15 is 0 Å². The molecule has 4 heteroatoms. The summed E-state index contributed by atoms with van der Waals surface area (Å²) < 4.78 is 5.47. The summed E-state index contributed by atoms with van der Waals surface area (Å²) in [6, 6.07) is 4.00. The van der Waals surface area contributed by atoms with Gasteiger partial charge in [0.15, 0.2) is 0 Å². The number of hydrogen-bond acceptors (Lipinski definition) is 4. The second-order valence-corrected chi connectivity index (χ2v) is 6.58. The number of hydrogen-bond donors (Lipinski definition) is 0. The fourth-order valence-corrected chi connectivity index (χ4v) is 3.69. The molecule has 0 radical (unpaired) electrons. The molecule has 4 rings (SSSR count). The Kier molecular flexibility index (Phi) is 3.94. The minimum Gasteiger partial charge on any atom is -0.468 e. The van der Waals surface area contributed by atoms with Crippen LogP contribution in [0.3, 0.4) is 0 Å². The highest BCUT2D eigenvalue weighted by Gasteiger charge is 2.23. The van der Waals surface area contributed by atoms with E-state index in [1.807, 2.05) is 12.1 Å². The van der Waals surface area contributed by atoms with Crippen molar-refractivity contribution >= 4 is 0 Å². The molecule has 0 N–H and O–H groups in total. The van der Waals surface area contributed by atoms with Gasteiger partial charge in [0.2, 0.25) is 0 Å². The number of furan rings is 1. The molecule has 0 unspecified atom stereocenters. The van der Waals surface area contributed by atoms with Crippen molar-refractivity contribution in [2.45, 2.75) is 57.5 Å². The van der Waals surface area contributed by atoms with Crippen LogP contribution in [0.2, 0.25) is 0 Å². The van der Waals surface area contributed by atoms with Crippen LogP contribution in [-0.2, 0) is 19.5 Å². The molecule has 0 atom stereocenters. The summed E-state index contributed by atoms with van der Waals surface area (Å²) in [5.41, 5.74) is 2.56. The van der Waals surface area contributed by atoms with Gasteiger partial charge in [-0.15, -0.1) is 0 Å². The van der Waals surface area contributed by atoms with Crippen molar-refractivity contribution in [3.05, 3.63) is 47.4 Å². The van der Waals surface area contributed by atoms with E-state index in [1.165, 1.54) is 43.4 Å². The maximum Gasteiger partial charge on any atom is 0.131 e. The van der Waals surface area contributed by atoms with E-state index in [9.17, 15) is 0 Å². The Morgan fingerprint density at radius 3 is 2.95 bits per heavy atom. The molecule has 1 aliphatic heterocycles. The van der Waals surface area contributed by atoms with Crippen molar-refractivity contribution in [3.63, 3.8) is 0 Å². The summed E-state index contributed by atoms with van der Waals surface area (Å²) in [6.45, 7) is 2.84. The van der Waals surface area contributed by atoms with Gasteiger partial charge < -0.3 is 4.42 Å². The predicted molar refractivity (Wildman–Crippen MR) is 84.4 cm³/mol. The average molecular weight is 297 g/mol. The lowest BCUT2D eigenvalue weighted by atomic mass is 9.88. The van der Waals surface area contributed by atoms with Gasteiger partial charge in [0, 0.05) is 25.2 Å². The normalized spacial score (nSPS) is 20.0. The van der Waals surface area contributed by atoms with Crippen LogP contribution in [0, 0.1) is 0 Å². The lowest BCUT2D eigenvalue weighted by Gasteiger charge is -2.28. The molecule has 1 aliphatic carbocycles. The fraction of sp³-hybridized carbons (Fsp3) is 0.556. The van der Waals surface area contributed by atoms with Crippen molar-refractivity contribution in [1.82, 2.24) is 14.9 Å². The van der Waals surface area contributed by atoms with Crippen molar-refractivity contribution in [3.8, 4) is 0 Å². The van der Waals surface area contributed by atoms with Crippen LogP contribution in [0.25, 0.3) is 0 Å². The third kappa shape index (κ3) is 2.93. The van der Waals surface area contributed by atoms with E-state index < -0.39 is 0 Å². The first kappa shape index (κ1) is 13.9. The summed E-state index contributed by atoms with van der Waals surface area (Å²) in [6.07, 6.45) is 11.4. The first-order chi connectivity index (χ1) is 10.9. The summed E-state index contributed by atoms with van der Waals surface area (Å²) in [7, 11) is 0. The zero-order valence-corrected chi connectivity index (χ0v) is 13.0. The maximum atomic E-state index is 5.47. The van der Waals surface area contributed by atoms with Gasteiger partial charge >= 0.3 is 0 Å². The Morgan fingerprint density at radius 1 is 1.23 bits per heavy atom. The molecule has 2 aromatic heterocycles. The highest BCUT2D eigenvalue weighted by atomic mass is 16.3. The summed E-state index contributed by atoms with van der Waals surface area (Å²) in [5.74, 6) is 2.70. The van der Waals surface area contributed by atoms with E-state index in [2.05, 4.69) is 16.1 Å². The minimum atomic E-state index is 0.583. The van der Waals surface area contributed by atoms with Crippen LogP contribution in [0.5, 0.6) is 0 Å². The van der Waals surface area contributed by atoms with Gasteiger partial charge in [0.25, 0.3) is 0 Å². The summed E-state index contributed by atoms with van der Waals surface area (Å²) in [4.78, 5) is 12.0. The Bertz CT molecular complexity index is 617. The SMILES string of the molecule is c1coc(CN2CCc3cnc(C4CCCCC4)nc3C2)c1. The predicted octanol–water partition coefficient (Wildman–Crippen LogP) is 3.68. The summed E-state index contributed by atoms with van der Waals surface area (Å²) in [5, 5.41) is 0. The number of aromatic nitrogens is 2. The van der Waals surface area contributed by atoms with Crippen molar-refractivity contribution in [2.75, 3.05) is 6.54 Å². The molecule has 1 saturated carbocycles. The first-order valence-corrected chi connectivity index (χ1v) is 8.48. The molecule has 0 amide bonds. The molecular formula is C18H23N3O. The third-order valence-electron chi connectivity index (χ3n) is 4.97. The molecule has 1 fully saturated rings. The Balaban J connectivity index is 1.49. The van der Waals surface area contributed by atoms with Gasteiger partial charge in [-0.2, -0.15) is 0 Å². The first-order valence-electron chi connectivity index (χ1n) is 8.48. The second-order valence-electron chi connectivity index (χ2n) is 6.58. The lowest BCUT2D eigenvalue weighted by molar-refractivity contribution is 0.221. The van der Waals surface area contributed by atoms with Crippen LogP contribution >= 0.6 is 0 Å². The van der Waals surface area contributed by atoms with Gasteiger partial charge in [-0.25, -0.2) is 9.97 Å². The van der Waals surface area contributed by atoms with E-state index in [0.717, 1.165) is 37.6 Å². The molecule has 0 spiro atoms. The Hall–Kier alpha value is -1.68. The van der Waals surface area contributed by atoms with Crippen LogP contribution in [0.1, 0.15) is 60.9 Å². The molecule has 22 heavy (non-hydrogen) atoms. The second kappa shape index (κ2) is 6.21. The smallest absolute Gasteiger partial charge is 0.131 e. The molecule has 0 bridgehead atoms. The molecule has 116 valence electrons. The van der Waals surface area contributed by atoms with Gasteiger partial charge in [0.1, 0.15) is 11.6 Å². The van der Waals surface area contributed by atoms with E-state index in [4.69, 9.17) is 9.40 Å². The molecule has 0 aromatic carbocycles. The molecule has 2 aliphatic rings. The number of rotatable bonds is 3. The number of nitrogens with zero attached hydrogens (tertiary/aromatic N) is 3. The van der Waals surface area contributed by atoms with E-state index in [-0.39, 0.29) is 0 Å². The van der Waals surface area contributed by atoms with Crippen LogP contribution in [0.4, 0.5) is 0 Å². The van der Waals surface area contributed by atoms with Crippen molar-refractivity contribution in [2.24, 2.45) is 0 Å². The topological polar surface area (TPSA) is 42.2 Å². The lowest BCUT2D eigenvalue weighted by Crippen LogP contribution is -2.31. The van der Waals surface area contributed by atoms with Crippen molar-refractivity contribution in [1.29, 1.82) is 0 Å². The van der Waals surface area contributed by atoms with E-state index in [1.54, 1.807) is 6.26 Å². The molecule has 4 nitrogen and oxygen atoms in total. The molecule has 2 aromatic rings. The van der Waals surface area contributed by atoms with Crippen LogP contribution in [-0.4, -0.2) is 21.4 Å². The van der Waals surface area contributed by atoms with Gasteiger partial charge in [-0.3, -0.25) is 4.90 Å².